The van der Waals surface area contributed by atoms with Crippen LogP contribution in [0.3, 0.4) is 0 Å². The van der Waals surface area contributed by atoms with Crippen molar-refractivity contribution in [3.63, 3.8) is 0 Å². The maximum absolute atomic E-state index is 10.3. The van der Waals surface area contributed by atoms with Gasteiger partial charge in [-0.05, 0) is 25.8 Å². The molecule has 0 rings (SSSR count). The van der Waals surface area contributed by atoms with Gasteiger partial charge in [0.25, 0.3) is 0 Å². The molecule has 0 aliphatic heterocycles. The van der Waals surface area contributed by atoms with Gasteiger partial charge >= 0.3 is 6.09 Å². The van der Waals surface area contributed by atoms with Crippen molar-refractivity contribution in [2.24, 2.45) is 11.7 Å². The monoisotopic (exact) mass is 172 g/mol. The third-order valence-corrected chi connectivity index (χ3v) is 1.83. The Bertz CT molecular complexity index is 159. The first-order chi connectivity index (χ1) is 5.61. The van der Waals surface area contributed by atoms with E-state index in [1.54, 1.807) is 13.0 Å². The van der Waals surface area contributed by atoms with Crippen LogP contribution in [0.25, 0.3) is 0 Å². The van der Waals surface area contributed by atoms with Crippen LogP contribution in [0.4, 0.5) is 4.79 Å². The predicted octanol–water partition coefficient (Wildman–Crippen LogP) is 0.794. The summed E-state index contributed by atoms with van der Waals surface area (Å²) in [6.45, 7) is 5.85. The van der Waals surface area contributed by atoms with Crippen molar-refractivity contribution in [2.75, 3.05) is 6.54 Å². The average molecular weight is 172 g/mol. The number of carboxylic acid groups (broad SMARTS) is 1. The molecule has 0 aromatic carbocycles. The molecule has 0 bridgehead atoms. The second-order valence-corrected chi connectivity index (χ2v) is 2.76. The fraction of sp³-hybridized carbons (Fsp3) is 0.625. The summed E-state index contributed by atoms with van der Waals surface area (Å²) in [6, 6.07) is -0.120. The molecule has 4 N–H and O–H groups in total. The first-order valence-corrected chi connectivity index (χ1v) is 3.92. The summed E-state index contributed by atoms with van der Waals surface area (Å²) in [4.78, 5) is 10.3. The molecule has 0 radical (unpaired) electrons. The molecule has 0 aromatic heterocycles. The van der Waals surface area contributed by atoms with E-state index in [0.29, 0.717) is 6.54 Å². The van der Waals surface area contributed by atoms with Crippen LogP contribution in [-0.2, 0) is 0 Å². The molecule has 0 unspecified atom stereocenters. The van der Waals surface area contributed by atoms with E-state index >= 15 is 0 Å². The van der Waals surface area contributed by atoms with Crippen molar-refractivity contribution < 1.29 is 9.90 Å². The molecular weight excluding hydrogens is 156 g/mol. The lowest BCUT2D eigenvalue weighted by atomic mass is 9.98. The molecule has 70 valence electrons. The lowest BCUT2D eigenvalue weighted by molar-refractivity contribution is 0.186. The standard InChI is InChI=1S/C8H16N2O2/c1-3-4-7(5-9)6(2)10-8(11)12/h3,6-7,10H,1,4-5,9H2,2H3,(H,11,12)/t6-,7+/m1/s1. The Morgan fingerprint density at radius 1 is 1.83 bits per heavy atom. The van der Waals surface area contributed by atoms with Gasteiger partial charge in [0.1, 0.15) is 0 Å². The largest absolute Gasteiger partial charge is 0.465 e. The van der Waals surface area contributed by atoms with E-state index in [0.717, 1.165) is 6.42 Å². The third-order valence-electron chi connectivity index (χ3n) is 1.83. The van der Waals surface area contributed by atoms with Crippen LogP contribution in [0.2, 0.25) is 0 Å². The van der Waals surface area contributed by atoms with Crippen LogP contribution in [0.15, 0.2) is 12.7 Å². The van der Waals surface area contributed by atoms with Gasteiger partial charge in [-0.3, -0.25) is 0 Å². The highest BCUT2D eigenvalue weighted by atomic mass is 16.4. The number of nitrogens with one attached hydrogen (secondary N) is 1. The molecule has 0 fully saturated rings. The Labute approximate surface area is 72.4 Å². The first kappa shape index (κ1) is 11.0. The lowest BCUT2D eigenvalue weighted by Gasteiger charge is -2.20. The van der Waals surface area contributed by atoms with Gasteiger partial charge in [-0.15, -0.1) is 6.58 Å². The van der Waals surface area contributed by atoms with Crippen LogP contribution in [0.1, 0.15) is 13.3 Å². The number of hydrogen-bond acceptors (Lipinski definition) is 2. The summed E-state index contributed by atoms with van der Waals surface area (Å²) < 4.78 is 0. The van der Waals surface area contributed by atoms with Crippen LogP contribution >= 0.6 is 0 Å². The highest BCUT2D eigenvalue weighted by molar-refractivity contribution is 5.64. The van der Waals surface area contributed by atoms with Crippen LogP contribution < -0.4 is 11.1 Å². The molecule has 4 nitrogen and oxygen atoms in total. The van der Waals surface area contributed by atoms with E-state index in [2.05, 4.69) is 11.9 Å². The quantitative estimate of drug-likeness (QED) is 0.537. The van der Waals surface area contributed by atoms with Crippen molar-refractivity contribution >= 4 is 6.09 Å². The van der Waals surface area contributed by atoms with E-state index in [4.69, 9.17) is 10.8 Å². The van der Waals surface area contributed by atoms with E-state index in [1.807, 2.05) is 0 Å². The second kappa shape index (κ2) is 5.60. The maximum Gasteiger partial charge on any atom is 0.404 e. The van der Waals surface area contributed by atoms with E-state index in [1.165, 1.54) is 0 Å². The SMILES string of the molecule is C=CC[C@@H](CN)[C@@H](C)NC(=O)O. The molecule has 2 atom stereocenters. The summed E-state index contributed by atoms with van der Waals surface area (Å²) in [5, 5.41) is 10.8. The molecule has 0 aromatic rings. The normalized spacial score (nSPS) is 14.8. The van der Waals surface area contributed by atoms with Crippen molar-refractivity contribution in [3.05, 3.63) is 12.7 Å². The summed E-state index contributed by atoms with van der Waals surface area (Å²) >= 11 is 0. The summed E-state index contributed by atoms with van der Waals surface area (Å²) in [5.41, 5.74) is 5.45. The highest BCUT2D eigenvalue weighted by Gasteiger charge is 2.15. The zero-order valence-corrected chi connectivity index (χ0v) is 7.29. The van der Waals surface area contributed by atoms with E-state index < -0.39 is 6.09 Å². The minimum atomic E-state index is -1.01. The van der Waals surface area contributed by atoms with Gasteiger partial charge in [-0.1, -0.05) is 6.08 Å². The van der Waals surface area contributed by atoms with Crippen LogP contribution in [0, 0.1) is 5.92 Å². The summed E-state index contributed by atoms with van der Waals surface area (Å²) in [6.07, 6.45) is 1.47. The van der Waals surface area contributed by atoms with Gasteiger partial charge in [-0.2, -0.15) is 0 Å². The number of amides is 1. The van der Waals surface area contributed by atoms with E-state index in [-0.39, 0.29) is 12.0 Å². The third kappa shape index (κ3) is 3.98. The molecule has 1 amide bonds. The fourth-order valence-electron chi connectivity index (χ4n) is 1.03. The lowest BCUT2D eigenvalue weighted by Crippen LogP contribution is -2.40. The van der Waals surface area contributed by atoms with Crippen molar-refractivity contribution in [3.8, 4) is 0 Å². The summed E-state index contributed by atoms with van der Waals surface area (Å²) in [5.74, 6) is 0.138. The number of rotatable bonds is 5. The minimum Gasteiger partial charge on any atom is -0.465 e. The second-order valence-electron chi connectivity index (χ2n) is 2.76. The summed E-state index contributed by atoms with van der Waals surface area (Å²) in [7, 11) is 0. The Kier molecular flexibility index (Phi) is 5.12. The smallest absolute Gasteiger partial charge is 0.404 e. The van der Waals surface area contributed by atoms with Gasteiger partial charge in [0.05, 0.1) is 0 Å². The predicted molar refractivity (Wildman–Crippen MR) is 48.0 cm³/mol. The number of hydrogen-bond donors (Lipinski definition) is 3. The zero-order chi connectivity index (χ0) is 9.56. The Balaban J connectivity index is 3.92. The highest BCUT2D eigenvalue weighted by Crippen LogP contribution is 2.07. The maximum atomic E-state index is 10.3. The fourth-order valence-corrected chi connectivity index (χ4v) is 1.03. The molecular formula is C8H16N2O2. The van der Waals surface area contributed by atoms with Gasteiger partial charge in [0.15, 0.2) is 0 Å². The molecule has 4 heteroatoms. The molecule has 0 saturated carbocycles. The molecule has 0 heterocycles. The number of carbonyl (C=O) groups is 1. The average Bonchev–Trinajstić information content (AvgIpc) is 1.98. The van der Waals surface area contributed by atoms with Gasteiger partial charge in [-0.25, -0.2) is 4.79 Å². The molecule has 0 saturated heterocycles. The Morgan fingerprint density at radius 3 is 2.75 bits per heavy atom. The molecule has 12 heavy (non-hydrogen) atoms. The Morgan fingerprint density at radius 2 is 2.42 bits per heavy atom. The minimum absolute atomic E-state index is 0.120. The van der Waals surface area contributed by atoms with Gasteiger partial charge in [0, 0.05) is 6.04 Å². The molecule has 0 spiro atoms. The zero-order valence-electron chi connectivity index (χ0n) is 7.29. The van der Waals surface area contributed by atoms with E-state index in [9.17, 15) is 4.79 Å². The van der Waals surface area contributed by atoms with Crippen molar-refractivity contribution in [1.82, 2.24) is 5.32 Å². The first-order valence-electron chi connectivity index (χ1n) is 3.92. The topological polar surface area (TPSA) is 75.3 Å². The Hall–Kier alpha value is -1.03. The van der Waals surface area contributed by atoms with Crippen molar-refractivity contribution in [1.29, 1.82) is 0 Å². The number of allylic oxidation sites excluding steroid dienone is 1. The molecule has 0 aliphatic carbocycles. The van der Waals surface area contributed by atoms with Crippen LogP contribution in [-0.4, -0.2) is 23.8 Å². The van der Waals surface area contributed by atoms with Crippen LogP contribution in [0.5, 0.6) is 0 Å². The molecule has 0 aliphatic rings. The van der Waals surface area contributed by atoms with Gasteiger partial charge < -0.3 is 16.2 Å². The van der Waals surface area contributed by atoms with Crippen molar-refractivity contribution in [2.45, 2.75) is 19.4 Å². The number of nitrogens with two attached hydrogens (primary N) is 1. The van der Waals surface area contributed by atoms with Gasteiger partial charge in [0.2, 0.25) is 0 Å².